The monoisotopic (exact) mass is 637 g/mol. The van der Waals surface area contributed by atoms with Crippen molar-refractivity contribution in [2.75, 3.05) is 30.8 Å². The maximum atomic E-state index is 16.1. The Morgan fingerprint density at radius 1 is 1.16 bits per heavy atom. The second-order valence-corrected chi connectivity index (χ2v) is 13.4. The van der Waals surface area contributed by atoms with Gasteiger partial charge in [-0.25, -0.2) is 22.2 Å². The zero-order valence-electron chi connectivity index (χ0n) is 25.5. The van der Waals surface area contributed by atoms with E-state index in [1.807, 2.05) is 13.8 Å². The van der Waals surface area contributed by atoms with Crippen molar-refractivity contribution in [3.8, 4) is 22.7 Å². The fraction of sp³-hybridized carbons (Fsp3) is 0.312. The van der Waals surface area contributed by atoms with E-state index in [2.05, 4.69) is 16.5 Å². The van der Waals surface area contributed by atoms with Gasteiger partial charge < -0.3 is 14.9 Å². The van der Waals surface area contributed by atoms with Crippen LogP contribution in [0.4, 0.5) is 14.5 Å². The van der Waals surface area contributed by atoms with Crippen molar-refractivity contribution in [2.24, 2.45) is 0 Å². The number of fused-ring (bicyclic) bond motifs is 1. The lowest BCUT2D eigenvalue weighted by Gasteiger charge is -2.42. The number of piperazine rings is 1. The molecule has 10 nitrogen and oxygen atoms in total. The molecule has 1 aliphatic rings. The minimum atomic E-state index is -4.27. The van der Waals surface area contributed by atoms with Crippen LogP contribution in [0.15, 0.2) is 58.9 Å². The third kappa shape index (κ3) is 5.45. The molecular formula is C32H33F2N5O5S. The fourth-order valence-electron chi connectivity index (χ4n) is 5.90. The number of carbonyl (C=O) groups is 1. The number of benzene rings is 1. The van der Waals surface area contributed by atoms with Crippen LogP contribution in [0.25, 0.3) is 28.0 Å². The number of anilines is 1. The van der Waals surface area contributed by atoms with E-state index in [9.17, 15) is 23.1 Å². The third-order valence-electron chi connectivity index (χ3n) is 7.96. The normalized spacial score (nSPS) is 15.6. The molecule has 4 heterocycles. The summed E-state index contributed by atoms with van der Waals surface area (Å²) >= 11 is 0. The van der Waals surface area contributed by atoms with Crippen LogP contribution < -0.4 is 10.5 Å². The van der Waals surface area contributed by atoms with E-state index in [-0.39, 0.29) is 53.9 Å². The Morgan fingerprint density at radius 2 is 1.87 bits per heavy atom. The number of halogens is 2. The van der Waals surface area contributed by atoms with Crippen LogP contribution in [0.5, 0.6) is 5.75 Å². The van der Waals surface area contributed by atoms with Gasteiger partial charge in [0.1, 0.15) is 17.3 Å². The number of sulfone groups is 1. The van der Waals surface area contributed by atoms with Gasteiger partial charge >= 0.3 is 0 Å². The van der Waals surface area contributed by atoms with Crippen molar-refractivity contribution >= 4 is 32.5 Å². The Hall–Kier alpha value is -4.65. The molecule has 0 unspecified atom stereocenters. The fourth-order valence-corrected chi connectivity index (χ4v) is 6.89. The summed E-state index contributed by atoms with van der Waals surface area (Å²) in [6.45, 7) is 11.2. The number of hydrogen-bond acceptors (Lipinski definition) is 8. The van der Waals surface area contributed by atoms with Crippen LogP contribution >= 0.6 is 0 Å². The van der Waals surface area contributed by atoms with Crippen molar-refractivity contribution < 1.29 is 27.1 Å². The van der Waals surface area contributed by atoms with Gasteiger partial charge in [-0.3, -0.25) is 19.1 Å². The van der Waals surface area contributed by atoms with Crippen LogP contribution in [0.3, 0.4) is 0 Å². The molecule has 4 aromatic rings. The van der Waals surface area contributed by atoms with Gasteiger partial charge in [0.05, 0.1) is 22.6 Å². The molecule has 1 amide bonds. The minimum Gasteiger partial charge on any atom is -0.507 e. The number of rotatable bonds is 6. The van der Waals surface area contributed by atoms with Gasteiger partial charge in [-0.15, -0.1) is 0 Å². The summed E-state index contributed by atoms with van der Waals surface area (Å²) in [7, 11) is -4.27. The molecule has 1 fully saturated rings. The van der Waals surface area contributed by atoms with Crippen molar-refractivity contribution in [2.45, 2.75) is 44.6 Å². The average molecular weight is 638 g/mol. The number of carbonyl (C=O) groups excluding carboxylic acids is 1. The topological polar surface area (TPSA) is 126 Å². The lowest BCUT2D eigenvalue weighted by atomic mass is 10.0. The van der Waals surface area contributed by atoms with E-state index in [0.29, 0.717) is 11.3 Å². The first-order chi connectivity index (χ1) is 21.2. The third-order valence-corrected chi connectivity index (χ3v) is 9.07. The van der Waals surface area contributed by atoms with Crippen LogP contribution in [-0.2, 0) is 14.6 Å². The summed E-state index contributed by atoms with van der Waals surface area (Å²) in [5, 5.41) is 10.5. The summed E-state index contributed by atoms with van der Waals surface area (Å²) in [5.41, 5.74) is -0.971. The largest absolute Gasteiger partial charge is 0.507 e. The maximum Gasteiger partial charge on any atom is 0.277 e. The highest BCUT2D eigenvalue weighted by atomic mass is 32.2. The SMILES string of the molecule is C=CC(=O)N1CCN(c2c(S(C)(=O)=O)c(=O)n(-c3c(C)ccnc3C(C)C)c3nc(-c4c(O)cccc4F)c(F)cc23)[C@@H](C)C1. The van der Waals surface area contributed by atoms with E-state index >= 15 is 8.78 Å². The number of nitrogens with zero attached hydrogens (tertiary/aromatic N) is 5. The molecule has 0 aliphatic carbocycles. The highest BCUT2D eigenvalue weighted by Crippen LogP contribution is 2.40. The molecule has 0 spiro atoms. The second-order valence-electron chi connectivity index (χ2n) is 11.5. The summed E-state index contributed by atoms with van der Waals surface area (Å²) < 4.78 is 59.3. The molecule has 5 rings (SSSR count). The van der Waals surface area contributed by atoms with Gasteiger partial charge in [0.25, 0.3) is 5.56 Å². The first-order valence-corrected chi connectivity index (χ1v) is 16.2. The van der Waals surface area contributed by atoms with Gasteiger partial charge in [-0.05, 0) is 55.7 Å². The standard InChI is InChI=1S/C32H33F2N5O5S/c1-7-24(41)37-13-14-38(19(5)16-37)29-20-15-22(34)27(25-21(33)9-8-10-23(25)40)36-31(20)39(32(42)30(29)45(6,43)44)28-18(4)11-12-35-26(28)17(2)3/h7-12,15,17,19,40H,1,13-14,16H2,2-6H3/t19-/m0/s1. The molecular weight excluding hydrogens is 604 g/mol. The number of phenols is 1. The van der Waals surface area contributed by atoms with E-state index in [4.69, 9.17) is 0 Å². The van der Waals surface area contributed by atoms with Crippen LogP contribution in [-0.4, -0.2) is 70.8 Å². The summed E-state index contributed by atoms with van der Waals surface area (Å²) in [5.74, 6) is -3.09. The predicted molar refractivity (Wildman–Crippen MR) is 168 cm³/mol. The van der Waals surface area contributed by atoms with Gasteiger partial charge in [0.2, 0.25) is 5.91 Å². The van der Waals surface area contributed by atoms with Gasteiger partial charge in [0.15, 0.2) is 26.2 Å². The summed E-state index contributed by atoms with van der Waals surface area (Å²) in [6.07, 6.45) is 3.65. The maximum absolute atomic E-state index is 16.1. The lowest BCUT2D eigenvalue weighted by molar-refractivity contribution is -0.126. The van der Waals surface area contributed by atoms with Crippen molar-refractivity contribution in [1.82, 2.24) is 19.4 Å². The van der Waals surface area contributed by atoms with Crippen LogP contribution in [0.2, 0.25) is 0 Å². The van der Waals surface area contributed by atoms with E-state index in [1.54, 1.807) is 35.9 Å². The van der Waals surface area contributed by atoms with Crippen LogP contribution in [0.1, 0.15) is 37.9 Å². The number of aromatic hydroxyl groups is 1. The Kier molecular flexibility index (Phi) is 8.25. The average Bonchev–Trinajstić information content (AvgIpc) is 2.96. The zero-order valence-corrected chi connectivity index (χ0v) is 26.3. The Labute approximate surface area is 259 Å². The number of aromatic nitrogens is 3. The van der Waals surface area contributed by atoms with E-state index < -0.39 is 55.0 Å². The molecule has 1 N–H and O–H groups in total. The number of pyridine rings is 3. The Balaban J connectivity index is 1.98. The van der Waals surface area contributed by atoms with Crippen LogP contribution in [0, 0.1) is 18.6 Å². The molecule has 13 heteroatoms. The van der Waals surface area contributed by atoms with E-state index in [0.717, 1.165) is 23.0 Å². The smallest absolute Gasteiger partial charge is 0.277 e. The zero-order chi connectivity index (χ0) is 33.0. The van der Waals surface area contributed by atoms with Crippen molar-refractivity contribution in [1.29, 1.82) is 0 Å². The molecule has 1 saturated heterocycles. The number of amides is 1. The lowest BCUT2D eigenvalue weighted by Crippen LogP contribution is -2.54. The molecule has 1 aromatic carbocycles. The molecule has 45 heavy (non-hydrogen) atoms. The molecule has 236 valence electrons. The minimum absolute atomic E-state index is 0.0274. The predicted octanol–water partition coefficient (Wildman–Crippen LogP) is 4.49. The first-order valence-electron chi connectivity index (χ1n) is 14.3. The molecule has 0 radical (unpaired) electrons. The van der Waals surface area contributed by atoms with E-state index in [1.165, 1.54) is 18.2 Å². The van der Waals surface area contributed by atoms with Gasteiger partial charge in [0, 0.05) is 43.5 Å². The quantitative estimate of drug-likeness (QED) is 0.307. The van der Waals surface area contributed by atoms with Gasteiger partial charge in [-0.2, -0.15) is 0 Å². The number of phenolic OH excluding ortho intramolecular Hbond substituents is 1. The number of aryl methyl sites for hydroxylation is 1. The number of hydrogen-bond donors (Lipinski definition) is 1. The highest BCUT2D eigenvalue weighted by molar-refractivity contribution is 7.90. The summed E-state index contributed by atoms with van der Waals surface area (Å²) in [6, 6.07) is 5.64. The molecule has 0 saturated carbocycles. The molecule has 1 aliphatic heterocycles. The highest BCUT2D eigenvalue weighted by Gasteiger charge is 2.35. The molecule has 3 aromatic heterocycles. The van der Waals surface area contributed by atoms with Gasteiger partial charge in [-0.1, -0.05) is 26.5 Å². The Morgan fingerprint density at radius 3 is 2.47 bits per heavy atom. The van der Waals surface area contributed by atoms with Crippen molar-refractivity contribution in [3.63, 3.8) is 0 Å². The Bertz CT molecular complexity index is 2020. The first kappa shape index (κ1) is 31.8. The molecule has 1 atom stereocenters. The summed E-state index contributed by atoms with van der Waals surface area (Å²) in [4.78, 5) is 38.5. The second kappa shape index (κ2) is 11.7. The van der Waals surface area contributed by atoms with Crippen molar-refractivity contribution in [3.05, 3.63) is 82.4 Å². The molecule has 0 bridgehead atoms.